The first-order chi connectivity index (χ1) is 9.25. The van der Waals surface area contributed by atoms with Gasteiger partial charge in [0.2, 0.25) is 10.0 Å². The molecule has 1 aromatic heterocycles. The van der Waals surface area contributed by atoms with Crippen molar-refractivity contribution in [3.8, 4) is 0 Å². The van der Waals surface area contributed by atoms with E-state index in [-0.39, 0.29) is 22.2 Å². The van der Waals surface area contributed by atoms with E-state index in [1.165, 1.54) is 18.2 Å². The van der Waals surface area contributed by atoms with Crippen LogP contribution in [0.2, 0.25) is 0 Å². The van der Waals surface area contributed by atoms with Crippen molar-refractivity contribution in [2.45, 2.75) is 45.1 Å². The molecular formula is C12H19F2N3O2S. The number of sulfonamides is 1. The van der Waals surface area contributed by atoms with E-state index in [2.05, 4.69) is 5.10 Å². The average molecular weight is 307 g/mol. The Morgan fingerprint density at radius 2 is 2.00 bits per heavy atom. The molecule has 0 aromatic carbocycles. The first-order valence-electron chi connectivity index (χ1n) is 6.59. The third-order valence-corrected chi connectivity index (χ3v) is 5.78. The molecule has 114 valence electrons. The summed E-state index contributed by atoms with van der Waals surface area (Å²) in [6.07, 6.45) is 1.78. The van der Waals surface area contributed by atoms with Gasteiger partial charge in [-0.05, 0) is 32.6 Å². The third kappa shape index (κ3) is 2.58. The minimum atomic E-state index is -3.75. The van der Waals surface area contributed by atoms with Gasteiger partial charge in [0.15, 0.2) is 0 Å². The number of nitrogens with zero attached hydrogens (tertiary/aromatic N) is 3. The molecule has 0 saturated carbocycles. The number of rotatable bonds is 3. The molecule has 1 fully saturated rings. The van der Waals surface area contributed by atoms with Gasteiger partial charge in [-0.15, -0.1) is 0 Å². The van der Waals surface area contributed by atoms with Gasteiger partial charge in [-0.2, -0.15) is 18.2 Å². The summed E-state index contributed by atoms with van der Waals surface area (Å²) in [6, 6.07) is 0. The van der Waals surface area contributed by atoms with Gasteiger partial charge in [-0.1, -0.05) is 6.92 Å². The number of aryl methyl sites for hydroxylation is 1. The summed E-state index contributed by atoms with van der Waals surface area (Å²) >= 11 is 0. The largest absolute Gasteiger partial charge is 0.333 e. The minimum absolute atomic E-state index is 0.00396. The summed E-state index contributed by atoms with van der Waals surface area (Å²) < 4.78 is 52.7. The van der Waals surface area contributed by atoms with Gasteiger partial charge in [0, 0.05) is 13.1 Å². The SMILES string of the molecule is Cc1nn(C(F)F)c(C)c1S(=O)(=O)N1CCCC(C)C1. The highest BCUT2D eigenvalue weighted by atomic mass is 32.2. The Morgan fingerprint density at radius 3 is 2.50 bits per heavy atom. The summed E-state index contributed by atoms with van der Waals surface area (Å²) in [4.78, 5) is -0.0769. The lowest BCUT2D eigenvalue weighted by Gasteiger charge is -2.30. The van der Waals surface area contributed by atoms with E-state index in [1.54, 1.807) is 0 Å². The van der Waals surface area contributed by atoms with Crippen molar-refractivity contribution in [2.24, 2.45) is 5.92 Å². The van der Waals surface area contributed by atoms with Crippen molar-refractivity contribution in [3.63, 3.8) is 0 Å². The second kappa shape index (κ2) is 5.40. The lowest BCUT2D eigenvalue weighted by atomic mass is 10.0. The van der Waals surface area contributed by atoms with E-state index in [0.29, 0.717) is 17.8 Å². The fraction of sp³-hybridized carbons (Fsp3) is 0.750. The van der Waals surface area contributed by atoms with E-state index < -0.39 is 16.6 Å². The maximum Gasteiger partial charge on any atom is 0.333 e. The van der Waals surface area contributed by atoms with Crippen LogP contribution in [0, 0.1) is 19.8 Å². The van der Waals surface area contributed by atoms with Crippen LogP contribution < -0.4 is 0 Å². The van der Waals surface area contributed by atoms with Gasteiger partial charge in [0.05, 0.1) is 11.4 Å². The first-order valence-corrected chi connectivity index (χ1v) is 8.03. The molecule has 1 aromatic rings. The minimum Gasteiger partial charge on any atom is -0.207 e. The average Bonchev–Trinajstić information content (AvgIpc) is 2.65. The molecule has 0 amide bonds. The predicted octanol–water partition coefficient (Wildman–Crippen LogP) is 2.32. The molecule has 0 N–H and O–H groups in total. The van der Waals surface area contributed by atoms with Crippen LogP contribution in [0.5, 0.6) is 0 Å². The molecule has 1 unspecified atom stereocenters. The second-order valence-corrected chi connectivity index (χ2v) is 7.21. The molecular weight excluding hydrogens is 288 g/mol. The van der Waals surface area contributed by atoms with Crippen LogP contribution in [0.4, 0.5) is 8.78 Å². The Labute approximate surface area is 117 Å². The molecule has 5 nitrogen and oxygen atoms in total. The molecule has 1 saturated heterocycles. The fourth-order valence-corrected chi connectivity index (χ4v) is 4.66. The molecule has 1 aliphatic heterocycles. The highest BCUT2D eigenvalue weighted by Crippen LogP contribution is 2.29. The number of hydrogen-bond donors (Lipinski definition) is 0. The number of aromatic nitrogens is 2. The summed E-state index contributed by atoms with van der Waals surface area (Å²) in [5.41, 5.74) is 0.122. The zero-order valence-electron chi connectivity index (χ0n) is 11.8. The summed E-state index contributed by atoms with van der Waals surface area (Å²) in [5.74, 6) is 0.282. The standard InChI is InChI=1S/C12H19F2N3O2S/c1-8-5-4-6-16(7-8)20(18,19)11-9(2)15-17(10(11)3)12(13)14/h8,12H,4-7H2,1-3H3. The highest BCUT2D eigenvalue weighted by Gasteiger charge is 2.34. The summed E-state index contributed by atoms with van der Waals surface area (Å²) in [6.45, 7) is 2.84. The molecule has 1 aliphatic rings. The van der Waals surface area contributed by atoms with Crippen LogP contribution in [-0.2, 0) is 10.0 Å². The van der Waals surface area contributed by atoms with Crippen molar-refractivity contribution in [3.05, 3.63) is 11.4 Å². The Morgan fingerprint density at radius 1 is 1.35 bits per heavy atom. The van der Waals surface area contributed by atoms with Crippen LogP contribution in [0.15, 0.2) is 4.90 Å². The summed E-state index contributed by atoms with van der Waals surface area (Å²) in [5, 5.41) is 3.65. The maximum atomic E-state index is 12.8. The van der Waals surface area contributed by atoms with Crippen LogP contribution >= 0.6 is 0 Å². The number of alkyl halides is 2. The fourth-order valence-electron chi connectivity index (χ4n) is 2.70. The van der Waals surface area contributed by atoms with Crippen LogP contribution in [-0.4, -0.2) is 35.6 Å². The molecule has 20 heavy (non-hydrogen) atoms. The molecule has 0 bridgehead atoms. The Bertz CT molecular complexity index is 598. The molecule has 2 rings (SSSR count). The molecule has 0 aliphatic carbocycles. The first kappa shape index (κ1) is 15.4. The van der Waals surface area contributed by atoms with E-state index in [1.807, 2.05) is 6.92 Å². The van der Waals surface area contributed by atoms with Crippen molar-refractivity contribution in [1.82, 2.24) is 14.1 Å². The highest BCUT2D eigenvalue weighted by molar-refractivity contribution is 7.89. The zero-order chi connectivity index (χ0) is 15.1. The molecule has 0 spiro atoms. The van der Waals surface area contributed by atoms with Crippen molar-refractivity contribution < 1.29 is 17.2 Å². The Hall–Kier alpha value is -1.02. The van der Waals surface area contributed by atoms with Crippen LogP contribution in [0.25, 0.3) is 0 Å². The molecule has 0 radical (unpaired) electrons. The van der Waals surface area contributed by atoms with E-state index >= 15 is 0 Å². The molecule has 2 heterocycles. The van der Waals surface area contributed by atoms with Gasteiger partial charge in [-0.3, -0.25) is 0 Å². The maximum absolute atomic E-state index is 12.8. The number of piperidine rings is 1. The Balaban J connectivity index is 2.44. The zero-order valence-corrected chi connectivity index (χ0v) is 12.6. The van der Waals surface area contributed by atoms with Crippen molar-refractivity contribution in [1.29, 1.82) is 0 Å². The van der Waals surface area contributed by atoms with Crippen LogP contribution in [0.1, 0.15) is 37.7 Å². The van der Waals surface area contributed by atoms with Crippen LogP contribution in [0.3, 0.4) is 0 Å². The van der Waals surface area contributed by atoms with E-state index in [4.69, 9.17) is 0 Å². The predicted molar refractivity (Wildman–Crippen MR) is 70.1 cm³/mol. The third-order valence-electron chi connectivity index (χ3n) is 3.66. The number of halogens is 2. The quantitative estimate of drug-likeness (QED) is 0.861. The van der Waals surface area contributed by atoms with Gasteiger partial charge in [0.25, 0.3) is 0 Å². The van der Waals surface area contributed by atoms with Crippen molar-refractivity contribution in [2.75, 3.05) is 13.1 Å². The number of hydrogen-bond acceptors (Lipinski definition) is 3. The second-order valence-electron chi connectivity index (χ2n) is 5.33. The Kier molecular flexibility index (Phi) is 4.15. The molecule has 1 atom stereocenters. The van der Waals surface area contributed by atoms with E-state index in [9.17, 15) is 17.2 Å². The normalized spacial score (nSPS) is 21.6. The molecule has 8 heteroatoms. The van der Waals surface area contributed by atoms with Gasteiger partial charge < -0.3 is 0 Å². The topological polar surface area (TPSA) is 55.2 Å². The van der Waals surface area contributed by atoms with Crippen molar-refractivity contribution >= 4 is 10.0 Å². The van der Waals surface area contributed by atoms with E-state index in [0.717, 1.165) is 12.8 Å². The lowest BCUT2D eigenvalue weighted by Crippen LogP contribution is -2.39. The lowest BCUT2D eigenvalue weighted by molar-refractivity contribution is 0.0538. The monoisotopic (exact) mass is 307 g/mol. The van der Waals surface area contributed by atoms with Gasteiger partial charge in [-0.25, -0.2) is 13.1 Å². The van der Waals surface area contributed by atoms with Gasteiger partial charge >= 0.3 is 6.55 Å². The van der Waals surface area contributed by atoms with Gasteiger partial charge in [0.1, 0.15) is 4.90 Å². The summed E-state index contributed by atoms with van der Waals surface area (Å²) in [7, 11) is -3.75. The smallest absolute Gasteiger partial charge is 0.207 e.